The molecule has 0 saturated heterocycles. The summed E-state index contributed by atoms with van der Waals surface area (Å²) in [7, 11) is 0. The Hall–Kier alpha value is -3.48. The Labute approximate surface area is 205 Å². The number of carboxylic acids is 1. The predicted molar refractivity (Wildman–Crippen MR) is 139 cm³/mol. The Bertz CT molecular complexity index is 1360. The monoisotopic (exact) mass is 472 g/mol. The van der Waals surface area contributed by atoms with Crippen LogP contribution in [-0.2, 0) is 4.79 Å². The summed E-state index contributed by atoms with van der Waals surface area (Å²) in [6.07, 6.45) is 3.54. The second-order valence-corrected chi connectivity index (χ2v) is 9.27. The van der Waals surface area contributed by atoms with Crippen LogP contribution in [-0.4, -0.2) is 43.1 Å². The fraction of sp³-hybridized carbons (Fsp3) is 0.310. The topological polar surface area (TPSA) is 95.1 Å². The Morgan fingerprint density at radius 3 is 2.40 bits per heavy atom. The van der Waals surface area contributed by atoms with Crippen LogP contribution < -0.4 is 0 Å². The number of carbonyl (C=O) groups is 1. The summed E-state index contributed by atoms with van der Waals surface area (Å²) in [6, 6.07) is 18.3. The van der Waals surface area contributed by atoms with E-state index in [4.69, 9.17) is 5.10 Å². The molecule has 182 valence electrons. The maximum atomic E-state index is 11.4. The molecule has 0 spiro atoms. The van der Waals surface area contributed by atoms with Crippen LogP contribution in [0.2, 0.25) is 0 Å². The third kappa shape index (κ3) is 4.85. The molecule has 35 heavy (non-hydrogen) atoms. The molecule has 3 unspecified atom stereocenters. The largest absolute Gasteiger partial charge is 0.481 e. The molecule has 0 aliphatic heterocycles. The number of hydrogen-bond donors (Lipinski definition) is 3. The quantitative estimate of drug-likeness (QED) is 0.298. The van der Waals surface area contributed by atoms with Crippen molar-refractivity contribution in [3.63, 3.8) is 0 Å². The zero-order valence-corrected chi connectivity index (χ0v) is 20.3. The SMILES string of the molecule is CCC(C(=O)O)C(O)CC(O)C=Cc1c(-c2ccccc2)c2c3ccccc3cnn2c1C(C)C. The molecule has 3 N–H and O–H groups in total. The van der Waals surface area contributed by atoms with Gasteiger partial charge in [0, 0.05) is 28.3 Å². The number of benzene rings is 2. The molecular formula is C29H32N2O4. The summed E-state index contributed by atoms with van der Waals surface area (Å²) in [6.45, 7) is 5.95. The molecule has 2 aromatic heterocycles. The number of aliphatic hydroxyl groups is 2. The Kier molecular flexibility index (Phi) is 7.34. The third-order valence-electron chi connectivity index (χ3n) is 6.55. The fourth-order valence-electron chi connectivity index (χ4n) is 4.84. The number of fused-ring (bicyclic) bond motifs is 3. The van der Waals surface area contributed by atoms with E-state index in [1.165, 1.54) is 0 Å². The average molecular weight is 473 g/mol. The van der Waals surface area contributed by atoms with Crippen LogP contribution in [0.25, 0.3) is 33.5 Å². The van der Waals surface area contributed by atoms with E-state index in [1.807, 2.05) is 53.2 Å². The molecule has 0 aliphatic carbocycles. The molecule has 3 atom stereocenters. The van der Waals surface area contributed by atoms with Crippen molar-refractivity contribution in [1.82, 2.24) is 9.61 Å². The molecule has 6 heteroatoms. The van der Waals surface area contributed by atoms with E-state index in [0.717, 1.165) is 38.7 Å². The number of rotatable bonds is 9. The van der Waals surface area contributed by atoms with Gasteiger partial charge in [0.25, 0.3) is 0 Å². The number of nitrogens with zero attached hydrogens (tertiary/aromatic N) is 2. The van der Waals surface area contributed by atoms with Gasteiger partial charge in [-0.05, 0) is 17.9 Å². The van der Waals surface area contributed by atoms with Gasteiger partial charge >= 0.3 is 5.97 Å². The van der Waals surface area contributed by atoms with Gasteiger partial charge in [0.1, 0.15) is 0 Å². The van der Waals surface area contributed by atoms with Crippen molar-refractivity contribution in [1.29, 1.82) is 0 Å². The van der Waals surface area contributed by atoms with Crippen molar-refractivity contribution in [2.45, 2.75) is 51.7 Å². The number of aliphatic carboxylic acids is 1. The Balaban J connectivity index is 1.87. The van der Waals surface area contributed by atoms with Crippen molar-refractivity contribution in [2.24, 2.45) is 5.92 Å². The van der Waals surface area contributed by atoms with Gasteiger partial charge < -0.3 is 15.3 Å². The lowest BCUT2D eigenvalue weighted by atomic mass is 9.93. The first-order chi connectivity index (χ1) is 16.8. The predicted octanol–water partition coefficient (Wildman–Crippen LogP) is 5.51. The molecule has 0 bridgehead atoms. The van der Waals surface area contributed by atoms with Crippen LogP contribution in [0.15, 0.2) is 66.9 Å². The lowest BCUT2D eigenvalue weighted by Crippen LogP contribution is -2.30. The molecule has 0 fully saturated rings. The van der Waals surface area contributed by atoms with Crippen molar-refractivity contribution in [2.75, 3.05) is 0 Å². The fourth-order valence-corrected chi connectivity index (χ4v) is 4.84. The first kappa shape index (κ1) is 24.6. The number of hydrogen-bond acceptors (Lipinski definition) is 4. The highest BCUT2D eigenvalue weighted by atomic mass is 16.4. The highest BCUT2D eigenvalue weighted by Crippen LogP contribution is 2.40. The van der Waals surface area contributed by atoms with Crippen LogP contribution in [0, 0.1) is 5.92 Å². The summed E-state index contributed by atoms with van der Waals surface area (Å²) >= 11 is 0. The van der Waals surface area contributed by atoms with Crippen LogP contribution >= 0.6 is 0 Å². The standard InChI is InChI=1S/C29H32N2O4/c1-4-22(29(34)35)25(33)16-21(32)14-15-24-26(19-10-6-5-7-11-19)28-23-13-9-8-12-20(23)17-30-31(28)27(24)18(2)3/h5-15,17-18,21-22,25,32-33H,4,16H2,1-3H3,(H,34,35). The van der Waals surface area contributed by atoms with Crippen molar-refractivity contribution in [3.05, 3.63) is 78.1 Å². The van der Waals surface area contributed by atoms with E-state index in [2.05, 4.69) is 32.0 Å². The lowest BCUT2D eigenvalue weighted by Gasteiger charge is -2.19. The van der Waals surface area contributed by atoms with E-state index in [9.17, 15) is 20.1 Å². The minimum atomic E-state index is -1.13. The first-order valence-corrected chi connectivity index (χ1v) is 12.1. The molecule has 4 aromatic rings. The van der Waals surface area contributed by atoms with Gasteiger partial charge in [0.15, 0.2) is 0 Å². The molecule has 0 amide bonds. The van der Waals surface area contributed by atoms with Gasteiger partial charge in [0.05, 0.1) is 35.5 Å². The van der Waals surface area contributed by atoms with Crippen LogP contribution in [0.1, 0.15) is 50.8 Å². The molecule has 6 nitrogen and oxygen atoms in total. The Morgan fingerprint density at radius 1 is 1.06 bits per heavy atom. The summed E-state index contributed by atoms with van der Waals surface area (Å²) in [5.74, 6) is -1.81. The summed E-state index contributed by atoms with van der Waals surface area (Å²) in [5, 5.41) is 37.3. The smallest absolute Gasteiger partial charge is 0.309 e. The van der Waals surface area contributed by atoms with Gasteiger partial charge in [-0.2, -0.15) is 5.10 Å². The van der Waals surface area contributed by atoms with E-state index in [0.29, 0.717) is 6.42 Å². The van der Waals surface area contributed by atoms with Gasteiger partial charge in [0.2, 0.25) is 0 Å². The van der Waals surface area contributed by atoms with Crippen molar-refractivity contribution < 1.29 is 20.1 Å². The molecule has 0 aliphatic rings. The number of aromatic nitrogens is 2. The average Bonchev–Trinajstić information content (AvgIpc) is 3.18. The zero-order chi connectivity index (χ0) is 25.1. The van der Waals surface area contributed by atoms with Gasteiger partial charge in [-0.15, -0.1) is 0 Å². The van der Waals surface area contributed by atoms with Crippen molar-refractivity contribution in [3.8, 4) is 11.1 Å². The van der Waals surface area contributed by atoms with E-state index >= 15 is 0 Å². The summed E-state index contributed by atoms with van der Waals surface area (Å²) in [5.41, 5.74) is 5.05. The maximum absolute atomic E-state index is 11.4. The molecule has 2 aromatic carbocycles. The minimum Gasteiger partial charge on any atom is -0.481 e. The van der Waals surface area contributed by atoms with Crippen LogP contribution in [0.3, 0.4) is 0 Å². The molecule has 2 heterocycles. The summed E-state index contributed by atoms with van der Waals surface area (Å²) in [4.78, 5) is 11.4. The normalized spacial score (nSPS) is 14.7. The second kappa shape index (κ2) is 10.4. The molecule has 0 radical (unpaired) electrons. The maximum Gasteiger partial charge on any atom is 0.309 e. The minimum absolute atomic E-state index is 0.0481. The van der Waals surface area contributed by atoms with E-state index in [1.54, 1.807) is 13.0 Å². The Morgan fingerprint density at radius 2 is 1.74 bits per heavy atom. The lowest BCUT2D eigenvalue weighted by molar-refractivity contribution is -0.146. The highest BCUT2D eigenvalue weighted by molar-refractivity contribution is 6.06. The van der Waals surface area contributed by atoms with Crippen molar-refractivity contribution >= 4 is 28.3 Å². The molecular weight excluding hydrogens is 440 g/mol. The van der Waals surface area contributed by atoms with E-state index in [-0.39, 0.29) is 12.3 Å². The first-order valence-electron chi connectivity index (χ1n) is 12.1. The van der Waals surface area contributed by atoms with E-state index < -0.39 is 24.1 Å². The van der Waals surface area contributed by atoms with Crippen LogP contribution in [0.4, 0.5) is 0 Å². The summed E-state index contributed by atoms with van der Waals surface area (Å²) < 4.78 is 1.99. The molecule has 0 saturated carbocycles. The van der Waals surface area contributed by atoms with Gasteiger partial charge in [-0.3, -0.25) is 4.79 Å². The zero-order valence-electron chi connectivity index (χ0n) is 20.3. The second-order valence-electron chi connectivity index (χ2n) is 9.27. The number of carboxylic acid groups (broad SMARTS) is 1. The van der Waals surface area contributed by atoms with Gasteiger partial charge in [-0.25, -0.2) is 4.52 Å². The van der Waals surface area contributed by atoms with Gasteiger partial charge in [-0.1, -0.05) is 87.5 Å². The third-order valence-corrected chi connectivity index (χ3v) is 6.55. The van der Waals surface area contributed by atoms with Crippen LogP contribution in [0.5, 0.6) is 0 Å². The number of aliphatic hydroxyl groups excluding tert-OH is 2. The molecule has 4 rings (SSSR count). The highest BCUT2D eigenvalue weighted by Gasteiger charge is 2.27.